The molecule has 3 N–H and O–H groups in total. The van der Waals surface area contributed by atoms with Crippen molar-refractivity contribution in [3.8, 4) is 0 Å². The van der Waals surface area contributed by atoms with Gasteiger partial charge in [0, 0.05) is 19.7 Å². The number of aliphatic hydroxyl groups excluding tert-OH is 1. The number of hydrogen-bond acceptors (Lipinski definition) is 3. The first-order valence-corrected chi connectivity index (χ1v) is 4.80. The van der Waals surface area contributed by atoms with E-state index in [4.69, 9.17) is 10.8 Å². The first kappa shape index (κ1) is 10.5. The van der Waals surface area contributed by atoms with Crippen molar-refractivity contribution in [1.82, 2.24) is 4.90 Å². The lowest BCUT2D eigenvalue weighted by Gasteiger charge is -2.20. The van der Waals surface area contributed by atoms with Crippen LogP contribution in [-0.4, -0.2) is 41.7 Å². The Hall–Kier alpha value is -0.610. The van der Waals surface area contributed by atoms with Gasteiger partial charge in [-0.1, -0.05) is 6.92 Å². The molecule has 0 aromatic carbocycles. The third-order valence-electron chi connectivity index (χ3n) is 2.49. The lowest BCUT2D eigenvalue weighted by atomic mass is 10.1. The number of carbonyl (C=O) groups is 1. The fraction of sp³-hybridized carbons (Fsp3) is 0.889. The molecule has 0 aromatic rings. The summed E-state index contributed by atoms with van der Waals surface area (Å²) in [5, 5.41) is 8.70. The summed E-state index contributed by atoms with van der Waals surface area (Å²) in [5.74, 6) is 0.420. The average molecular weight is 186 g/mol. The molecular formula is C9H18N2O2. The van der Waals surface area contributed by atoms with Crippen LogP contribution in [0.25, 0.3) is 0 Å². The Morgan fingerprint density at radius 2 is 2.46 bits per heavy atom. The van der Waals surface area contributed by atoms with E-state index in [1.165, 1.54) is 0 Å². The zero-order chi connectivity index (χ0) is 9.84. The van der Waals surface area contributed by atoms with Gasteiger partial charge in [-0.3, -0.25) is 4.79 Å². The molecule has 1 rings (SSSR count). The Bertz CT molecular complexity index is 184. The number of likely N-dealkylation sites (tertiary alicyclic amines) is 1. The molecule has 1 aliphatic rings. The van der Waals surface area contributed by atoms with E-state index in [0.29, 0.717) is 5.92 Å². The van der Waals surface area contributed by atoms with Crippen molar-refractivity contribution in [1.29, 1.82) is 0 Å². The van der Waals surface area contributed by atoms with E-state index in [1.807, 2.05) is 6.92 Å². The third-order valence-corrected chi connectivity index (χ3v) is 2.49. The number of nitrogens with two attached hydrogens (primary N) is 1. The monoisotopic (exact) mass is 186 g/mol. The maximum atomic E-state index is 11.4. The summed E-state index contributed by atoms with van der Waals surface area (Å²) in [6.45, 7) is 3.73. The minimum Gasteiger partial charge on any atom is -0.396 e. The smallest absolute Gasteiger partial charge is 0.239 e. The van der Waals surface area contributed by atoms with E-state index >= 15 is 0 Å². The van der Waals surface area contributed by atoms with Crippen LogP contribution < -0.4 is 5.73 Å². The van der Waals surface area contributed by atoms with Crippen LogP contribution in [0.15, 0.2) is 0 Å². The van der Waals surface area contributed by atoms with Crippen LogP contribution in [0.2, 0.25) is 0 Å². The maximum absolute atomic E-state index is 11.4. The van der Waals surface area contributed by atoms with E-state index in [-0.39, 0.29) is 18.6 Å². The molecule has 4 heteroatoms. The number of aliphatic hydroxyl groups is 1. The largest absolute Gasteiger partial charge is 0.396 e. The zero-order valence-corrected chi connectivity index (χ0v) is 8.07. The summed E-state index contributed by atoms with van der Waals surface area (Å²) in [6.07, 6.45) is 1.52. The molecule has 0 aliphatic carbocycles. The lowest BCUT2D eigenvalue weighted by Crippen LogP contribution is -2.36. The predicted molar refractivity (Wildman–Crippen MR) is 50.0 cm³/mol. The maximum Gasteiger partial charge on any atom is 0.239 e. The standard InChI is InChI=1S/C9H18N2O2/c1-7(3-5-12)6-11-4-2-8(10)9(11)13/h7-8,12H,2-6,10H2,1H3. The van der Waals surface area contributed by atoms with E-state index in [0.717, 1.165) is 25.9 Å². The molecular weight excluding hydrogens is 168 g/mol. The summed E-state index contributed by atoms with van der Waals surface area (Å²) >= 11 is 0. The summed E-state index contributed by atoms with van der Waals surface area (Å²) in [4.78, 5) is 13.2. The molecule has 0 aromatic heterocycles. The normalized spacial score (nSPS) is 25.3. The molecule has 1 heterocycles. The summed E-state index contributed by atoms with van der Waals surface area (Å²) in [6, 6.07) is -0.290. The van der Waals surface area contributed by atoms with Crippen molar-refractivity contribution < 1.29 is 9.90 Å². The van der Waals surface area contributed by atoms with Gasteiger partial charge in [-0.25, -0.2) is 0 Å². The van der Waals surface area contributed by atoms with E-state index in [1.54, 1.807) is 4.90 Å². The van der Waals surface area contributed by atoms with Gasteiger partial charge < -0.3 is 15.7 Å². The molecule has 0 radical (unpaired) electrons. The fourth-order valence-corrected chi connectivity index (χ4v) is 1.63. The van der Waals surface area contributed by atoms with Gasteiger partial charge in [0.25, 0.3) is 0 Å². The van der Waals surface area contributed by atoms with E-state index < -0.39 is 0 Å². The molecule has 1 fully saturated rings. The quantitative estimate of drug-likeness (QED) is 0.625. The molecule has 0 bridgehead atoms. The molecule has 1 amide bonds. The predicted octanol–water partition coefficient (Wildman–Crippen LogP) is -0.435. The Labute approximate surface area is 78.7 Å². The lowest BCUT2D eigenvalue weighted by molar-refractivity contribution is -0.129. The summed E-state index contributed by atoms with van der Waals surface area (Å²) in [7, 11) is 0. The first-order chi connectivity index (χ1) is 6.15. The van der Waals surface area contributed by atoms with Crippen molar-refractivity contribution in [2.24, 2.45) is 11.7 Å². The second kappa shape index (κ2) is 4.58. The second-order valence-electron chi connectivity index (χ2n) is 3.80. The number of hydrogen-bond donors (Lipinski definition) is 2. The van der Waals surface area contributed by atoms with Gasteiger partial charge >= 0.3 is 0 Å². The number of amides is 1. The number of rotatable bonds is 4. The van der Waals surface area contributed by atoms with Gasteiger partial charge in [0.1, 0.15) is 0 Å². The molecule has 1 aliphatic heterocycles. The average Bonchev–Trinajstić information content (AvgIpc) is 2.37. The van der Waals surface area contributed by atoms with Gasteiger partial charge in [-0.2, -0.15) is 0 Å². The van der Waals surface area contributed by atoms with Gasteiger partial charge in [0.2, 0.25) is 5.91 Å². The minimum absolute atomic E-state index is 0.0600. The van der Waals surface area contributed by atoms with Crippen LogP contribution in [0.4, 0.5) is 0 Å². The first-order valence-electron chi connectivity index (χ1n) is 4.80. The van der Waals surface area contributed by atoms with Crippen molar-refractivity contribution in [2.45, 2.75) is 25.8 Å². The van der Waals surface area contributed by atoms with E-state index in [2.05, 4.69) is 0 Å². The van der Waals surface area contributed by atoms with Crippen molar-refractivity contribution in [3.63, 3.8) is 0 Å². The van der Waals surface area contributed by atoms with Crippen LogP contribution in [-0.2, 0) is 4.79 Å². The fourth-order valence-electron chi connectivity index (χ4n) is 1.63. The Balaban J connectivity index is 2.33. The zero-order valence-electron chi connectivity index (χ0n) is 8.07. The van der Waals surface area contributed by atoms with Gasteiger partial charge in [-0.05, 0) is 18.8 Å². The van der Waals surface area contributed by atoms with Crippen LogP contribution in [0, 0.1) is 5.92 Å². The third kappa shape index (κ3) is 2.67. The van der Waals surface area contributed by atoms with Gasteiger partial charge in [0.15, 0.2) is 0 Å². The van der Waals surface area contributed by atoms with Crippen LogP contribution in [0.3, 0.4) is 0 Å². The minimum atomic E-state index is -0.290. The van der Waals surface area contributed by atoms with Crippen LogP contribution in [0.5, 0.6) is 0 Å². The molecule has 13 heavy (non-hydrogen) atoms. The van der Waals surface area contributed by atoms with Crippen molar-refractivity contribution >= 4 is 5.91 Å². The molecule has 76 valence electrons. The molecule has 2 unspecified atom stereocenters. The van der Waals surface area contributed by atoms with Crippen LogP contribution in [0.1, 0.15) is 19.8 Å². The van der Waals surface area contributed by atoms with Gasteiger partial charge in [0.05, 0.1) is 6.04 Å². The highest BCUT2D eigenvalue weighted by Crippen LogP contribution is 2.12. The summed E-state index contributed by atoms with van der Waals surface area (Å²) < 4.78 is 0. The number of nitrogens with zero attached hydrogens (tertiary/aromatic N) is 1. The van der Waals surface area contributed by atoms with Crippen LogP contribution >= 0.6 is 0 Å². The van der Waals surface area contributed by atoms with Crippen molar-refractivity contribution in [2.75, 3.05) is 19.7 Å². The molecule has 2 atom stereocenters. The molecule has 1 saturated heterocycles. The highest BCUT2D eigenvalue weighted by molar-refractivity contribution is 5.83. The molecule has 0 spiro atoms. The molecule has 4 nitrogen and oxygen atoms in total. The van der Waals surface area contributed by atoms with Crippen molar-refractivity contribution in [3.05, 3.63) is 0 Å². The SMILES string of the molecule is CC(CCO)CN1CCC(N)C1=O. The molecule has 0 saturated carbocycles. The highest BCUT2D eigenvalue weighted by Gasteiger charge is 2.28. The Morgan fingerprint density at radius 1 is 1.77 bits per heavy atom. The topological polar surface area (TPSA) is 66.6 Å². The highest BCUT2D eigenvalue weighted by atomic mass is 16.3. The Kier molecular flexibility index (Phi) is 3.69. The summed E-state index contributed by atoms with van der Waals surface area (Å²) in [5.41, 5.74) is 5.58. The van der Waals surface area contributed by atoms with Gasteiger partial charge in [-0.15, -0.1) is 0 Å². The number of carbonyl (C=O) groups excluding carboxylic acids is 1. The Morgan fingerprint density at radius 3 is 2.92 bits per heavy atom. The van der Waals surface area contributed by atoms with E-state index in [9.17, 15) is 4.79 Å². The second-order valence-corrected chi connectivity index (χ2v) is 3.80.